The van der Waals surface area contributed by atoms with E-state index >= 15 is 0 Å². The second kappa shape index (κ2) is 5.64. The normalized spacial score (nSPS) is 12.5. The van der Waals surface area contributed by atoms with E-state index in [1.54, 1.807) is 18.2 Å². The molecule has 0 saturated carbocycles. The Morgan fingerprint density at radius 1 is 1.06 bits per heavy atom. The number of aliphatic hydroxyl groups is 1. The first kappa shape index (κ1) is 13.9. The van der Waals surface area contributed by atoms with Gasteiger partial charge in [-0.2, -0.15) is 0 Å². The number of aromatic nitrogens is 1. The molecule has 1 N–H and O–H groups in total. The molecule has 0 aliphatic heterocycles. The molecule has 1 unspecified atom stereocenters. The van der Waals surface area contributed by atoms with Gasteiger partial charge in [0, 0.05) is 11.8 Å². The third-order valence-electron chi connectivity index (χ3n) is 2.37. The highest BCUT2D eigenvalue weighted by Crippen LogP contribution is 2.35. The van der Waals surface area contributed by atoms with Gasteiger partial charge in [0.25, 0.3) is 0 Å². The summed E-state index contributed by atoms with van der Waals surface area (Å²) >= 11 is 23.7. The molecule has 0 saturated heterocycles. The lowest BCUT2D eigenvalue weighted by Crippen LogP contribution is -2.04. The topological polar surface area (TPSA) is 33.1 Å². The van der Waals surface area contributed by atoms with Crippen molar-refractivity contribution in [3.63, 3.8) is 0 Å². The van der Waals surface area contributed by atoms with E-state index in [1.807, 2.05) is 0 Å². The lowest BCUT2D eigenvalue weighted by atomic mass is 10.1. The number of benzene rings is 1. The summed E-state index contributed by atoms with van der Waals surface area (Å²) in [4.78, 5) is 4.01. The lowest BCUT2D eigenvalue weighted by molar-refractivity contribution is 0.215. The van der Waals surface area contributed by atoms with E-state index in [4.69, 9.17) is 46.4 Å². The summed E-state index contributed by atoms with van der Waals surface area (Å²) in [6.07, 6.45) is 0.353. The summed E-state index contributed by atoms with van der Waals surface area (Å²) in [5.74, 6) is 0. The summed E-state index contributed by atoms with van der Waals surface area (Å²) in [6.45, 7) is 0. The molecule has 0 radical (unpaired) electrons. The Balaban J connectivity index is 2.48. The number of nitrogens with zero attached hydrogens (tertiary/aromatic N) is 1. The highest BCUT2D eigenvalue weighted by atomic mass is 35.5. The van der Waals surface area contributed by atoms with Gasteiger partial charge >= 0.3 is 0 Å². The molecule has 94 valence electrons. The lowest BCUT2D eigenvalue weighted by Gasteiger charge is -2.14. The molecule has 0 bridgehead atoms. The van der Waals surface area contributed by atoms with Crippen molar-refractivity contribution < 1.29 is 5.11 Å². The summed E-state index contributed by atoms with van der Waals surface area (Å²) in [7, 11) is 0. The van der Waals surface area contributed by atoms with Crippen LogP contribution in [0.5, 0.6) is 0 Å². The minimum absolute atomic E-state index is 0.269. The van der Waals surface area contributed by atoms with Crippen LogP contribution >= 0.6 is 46.4 Å². The van der Waals surface area contributed by atoms with Crippen molar-refractivity contribution in [1.29, 1.82) is 0 Å². The SMILES string of the molecule is OC(c1cccc(Cl)c1Cl)c1ncc(Cl)cc1Cl. The first-order valence-corrected chi connectivity index (χ1v) is 6.45. The summed E-state index contributed by atoms with van der Waals surface area (Å²) in [6, 6.07) is 6.49. The summed E-state index contributed by atoms with van der Waals surface area (Å²) in [5, 5.41) is 11.5. The molecule has 2 rings (SSSR count). The van der Waals surface area contributed by atoms with E-state index in [9.17, 15) is 5.11 Å². The summed E-state index contributed by atoms with van der Waals surface area (Å²) in [5.41, 5.74) is 0.728. The fourth-order valence-electron chi connectivity index (χ4n) is 1.51. The molecular formula is C12H7Cl4NO. The molecule has 6 heteroatoms. The van der Waals surface area contributed by atoms with E-state index in [-0.39, 0.29) is 15.7 Å². The average Bonchev–Trinajstić information content (AvgIpc) is 2.32. The van der Waals surface area contributed by atoms with Crippen LogP contribution in [0.3, 0.4) is 0 Å². The molecule has 1 aromatic heterocycles. The van der Waals surface area contributed by atoms with Gasteiger partial charge in [0.05, 0.1) is 25.8 Å². The van der Waals surface area contributed by atoms with Crippen LogP contribution in [0.1, 0.15) is 17.4 Å². The highest BCUT2D eigenvalue weighted by molar-refractivity contribution is 6.42. The Hall–Kier alpha value is -0.510. The predicted octanol–water partition coefficient (Wildman–Crippen LogP) is 4.78. The standard InChI is InChI=1S/C12H7Cl4NO/c13-6-4-9(15)11(17-5-6)12(18)7-2-1-3-8(14)10(7)16/h1-5,12,18H. The largest absolute Gasteiger partial charge is 0.382 e. The Kier molecular flexibility index (Phi) is 4.36. The molecule has 0 aliphatic carbocycles. The van der Waals surface area contributed by atoms with Crippen LogP contribution in [0.2, 0.25) is 20.1 Å². The van der Waals surface area contributed by atoms with Gasteiger partial charge in [-0.05, 0) is 12.1 Å². The van der Waals surface area contributed by atoms with Crippen molar-refractivity contribution in [3.8, 4) is 0 Å². The van der Waals surface area contributed by atoms with Crippen LogP contribution < -0.4 is 0 Å². The Bertz CT molecular complexity index is 588. The van der Waals surface area contributed by atoms with E-state index in [1.165, 1.54) is 12.3 Å². The van der Waals surface area contributed by atoms with Gasteiger partial charge in [-0.1, -0.05) is 58.5 Å². The molecule has 2 nitrogen and oxygen atoms in total. The maximum absolute atomic E-state index is 10.2. The van der Waals surface area contributed by atoms with Gasteiger partial charge in [-0.3, -0.25) is 4.98 Å². The van der Waals surface area contributed by atoms with Crippen LogP contribution in [0.4, 0.5) is 0 Å². The Morgan fingerprint density at radius 3 is 2.44 bits per heavy atom. The van der Waals surface area contributed by atoms with Crippen molar-refractivity contribution in [3.05, 3.63) is 61.8 Å². The van der Waals surface area contributed by atoms with Crippen molar-refractivity contribution >= 4 is 46.4 Å². The van der Waals surface area contributed by atoms with Gasteiger partial charge < -0.3 is 5.11 Å². The Labute approximate surface area is 124 Å². The fraction of sp³-hybridized carbons (Fsp3) is 0.0833. The molecule has 2 aromatic rings. The second-order valence-corrected chi connectivity index (χ2v) is 5.19. The number of halogens is 4. The maximum atomic E-state index is 10.2. The zero-order chi connectivity index (χ0) is 13.3. The zero-order valence-corrected chi connectivity index (χ0v) is 11.9. The number of hydrogen-bond donors (Lipinski definition) is 1. The van der Waals surface area contributed by atoms with Gasteiger partial charge in [0.2, 0.25) is 0 Å². The number of rotatable bonds is 2. The van der Waals surface area contributed by atoms with Gasteiger partial charge in [0.1, 0.15) is 6.10 Å². The van der Waals surface area contributed by atoms with Gasteiger partial charge in [-0.15, -0.1) is 0 Å². The second-order valence-electron chi connectivity index (χ2n) is 3.57. The van der Waals surface area contributed by atoms with Gasteiger partial charge in [0.15, 0.2) is 0 Å². The van der Waals surface area contributed by atoms with E-state index < -0.39 is 6.10 Å². The fourth-order valence-corrected chi connectivity index (χ4v) is 2.40. The molecule has 18 heavy (non-hydrogen) atoms. The van der Waals surface area contributed by atoms with Crippen molar-refractivity contribution in [2.45, 2.75) is 6.10 Å². The predicted molar refractivity (Wildman–Crippen MR) is 74.8 cm³/mol. The monoisotopic (exact) mass is 321 g/mol. The van der Waals surface area contributed by atoms with Crippen LogP contribution in [0.15, 0.2) is 30.5 Å². The van der Waals surface area contributed by atoms with Crippen LogP contribution in [-0.4, -0.2) is 10.1 Å². The third-order valence-corrected chi connectivity index (χ3v) is 3.71. The van der Waals surface area contributed by atoms with E-state index in [0.717, 1.165) is 0 Å². The minimum atomic E-state index is -1.05. The first-order chi connectivity index (χ1) is 8.50. The zero-order valence-electron chi connectivity index (χ0n) is 8.87. The van der Waals surface area contributed by atoms with Crippen LogP contribution in [0.25, 0.3) is 0 Å². The third kappa shape index (κ3) is 2.73. The molecular weight excluding hydrogens is 316 g/mol. The molecule has 0 fully saturated rings. The smallest absolute Gasteiger partial charge is 0.124 e. The van der Waals surface area contributed by atoms with E-state index in [0.29, 0.717) is 15.6 Å². The molecule has 1 atom stereocenters. The van der Waals surface area contributed by atoms with Crippen LogP contribution in [0, 0.1) is 0 Å². The highest BCUT2D eigenvalue weighted by Gasteiger charge is 2.19. The van der Waals surface area contributed by atoms with Crippen molar-refractivity contribution in [2.24, 2.45) is 0 Å². The molecule has 1 heterocycles. The van der Waals surface area contributed by atoms with Gasteiger partial charge in [-0.25, -0.2) is 0 Å². The van der Waals surface area contributed by atoms with E-state index in [2.05, 4.69) is 4.98 Å². The van der Waals surface area contributed by atoms with Crippen molar-refractivity contribution in [1.82, 2.24) is 4.98 Å². The Morgan fingerprint density at radius 2 is 1.78 bits per heavy atom. The number of pyridine rings is 1. The maximum Gasteiger partial charge on any atom is 0.124 e. The minimum Gasteiger partial charge on any atom is -0.382 e. The molecule has 0 aliphatic rings. The average molecular weight is 323 g/mol. The summed E-state index contributed by atoms with van der Waals surface area (Å²) < 4.78 is 0. The quantitative estimate of drug-likeness (QED) is 0.863. The molecule has 1 aromatic carbocycles. The van der Waals surface area contributed by atoms with Crippen LogP contribution in [-0.2, 0) is 0 Å². The molecule has 0 spiro atoms. The van der Waals surface area contributed by atoms with Crippen molar-refractivity contribution in [2.75, 3.05) is 0 Å². The molecule has 0 amide bonds. The number of hydrogen-bond acceptors (Lipinski definition) is 2. The first-order valence-electron chi connectivity index (χ1n) is 4.93. The number of aliphatic hydroxyl groups excluding tert-OH is 1.